The highest BCUT2D eigenvalue weighted by molar-refractivity contribution is 9.10. The van der Waals surface area contributed by atoms with E-state index in [0.717, 1.165) is 22.9 Å². The van der Waals surface area contributed by atoms with Crippen molar-refractivity contribution in [3.8, 4) is 0 Å². The van der Waals surface area contributed by atoms with Crippen LogP contribution >= 0.6 is 31.9 Å². The minimum Gasteiger partial charge on any atom is -0.0684 e. The Bertz CT molecular complexity index is 1040. The van der Waals surface area contributed by atoms with Gasteiger partial charge in [0.25, 0.3) is 0 Å². The molecule has 0 bridgehead atoms. The van der Waals surface area contributed by atoms with Gasteiger partial charge in [-0.1, -0.05) is 58.8 Å². The van der Waals surface area contributed by atoms with E-state index in [2.05, 4.69) is 70.9 Å². The van der Waals surface area contributed by atoms with Gasteiger partial charge in [0.05, 0.1) is 8.07 Å². The van der Waals surface area contributed by atoms with E-state index >= 15 is 0 Å². The first-order valence-corrected chi connectivity index (χ1v) is 18.2. The van der Waals surface area contributed by atoms with Gasteiger partial charge in [0.15, 0.2) is 0 Å². The van der Waals surface area contributed by atoms with Gasteiger partial charge in [0.1, 0.15) is 0 Å². The van der Waals surface area contributed by atoms with E-state index < -0.39 is 8.07 Å². The molecule has 176 valence electrons. The fourth-order valence-electron chi connectivity index (χ4n) is 8.97. The third kappa shape index (κ3) is 3.45. The van der Waals surface area contributed by atoms with Gasteiger partial charge in [-0.25, -0.2) is 0 Å². The number of benzene rings is 2. The molecule has 4 aliphatic carbocycles. The summed E-state index contributed by atoms with van der Waals surface area (Å²) < 4.78 is 2.83. The van der Waals surface area contributed by atoms with Gasteiger partial charge >= 0.3 is 0 Å². The summed E-state index contributed by atoms with van der Waals surface area (Å²) in [5.41, 5.74) is 15.3. The Labute approximate surface area is 218 Å². The maximum absolute atomic E-state index is 4.03. The van der Waals surface area contributed by atoms with Crippen LogP contribution in [0.2, 0.25) is 13.1 Å². The van der Waals surface area contributed by atoms with Crippen LogP contribution in [-0.2, 0) is 38.5 Å². The van der Waals surface area contributed by atoms with Crippen LogP contribution in [-0.4, -0.2) is 8.07 Å². The van der Waals surface area contributed by atoms with Crippen molar-refractivity contribution in [2.45, 2.75) is 102 Å². The zero-order valence-corrected chi connectivity index (χ0v) is 25.0. The molecule has 33 heavy (non-hydrogen) atoms. The largest absolute Gasteiger partial charge is 0.0684 e. The fourth-order valence-corrected chi connectivity index (χ4v) is 16.0. The third-order valence-electron chi connectivity index (χ3n) is 9.97. The lowest BCUT2D eigenvalue weighted by Gasteiger charge is -2.41. The molecule has 0 nitrogen and oxygen atoms in total. The van der Waals surface area contributed by atoms with E-state index in [1.807, 2.05) is 0 Å². The molecule has 0 saturated heterocycles. The summed E-state index contributed by atoms with van der Waals surface area (Å²) in [7, 11) is -1.64. The van der Waals surface area contributed by atoms with Gasteiger partial charge in [-0.3, -0.25) is 0 Å². The van der Waals surface area contributed by atoms with E-state index in [-0.39, 0.29) is 0 Å². The van der Waals surface area contributed by atoms with Gasteiger partial charge in [0.2, 0.25) is 0 Å². The lowest BCUT2D eigenvalue weighted by Crippen LogP contribution is -2.45. The molecule has 0 saturated carbocycles. The predicted molar refractivity (Wildman–Crippen MR) is 150 cm³/mol. The molecule has 0 aliphatic heterocycles. The van der Waals surface area contributed by atoms with Crippen molar-refractivity contribution >= 4 is 39.9 Å². The molecule has 0 aromatic heterocycles. The van der Waals surface area contributed by atoms with E-state index in [0.29, 0.717) is 0 Å². The molecule has 3 heteroatoms. The van der Waals surface area contributed by atoms with Crippen molar-refractivity contribution in [2.24, 2.45) is 11.8 Å². The Morgan fingerprint density at radius 1 is 0.606 bits per heavy atom. The molecule has 4 aliphatic rings. The molecule has 0 amide bonds. The molecule has 4 atom stereocenters. The number of hydrogen-bond acceptors (Lipinski definition) is 0. The predicted octanol–water partition coefficient (Wildman–Crippen LogP) is 9.01. The highest BCUT2D eigenvalue weighted by Gasteiger charge is 2.51. The summed E-state index contributed by atoms with van der Waals surface area (Å²) in [6, 6.07) is 5.18. The van der Waals surface area contributed by atoms with Crippen molar-refractivity contribution in [3.05, 3.63) is 65.6 Å². The normalized spacial score (nSPS) is 28.3. The molecule has 2 aromatic carbocycles. The van der Waals surface area contributed by atoms with Gasteiger partial charge in [0, 0.05) is 8.95 Å². The molecule has 0 fully saturated rings. The smallest absolute Gasteiger partial charge is 0.0634 e. The number of hydrogen-bond donors (Lipinski definition) is 0. The van der Waals surface area contributed by atoms with Gasteiger partial charge in [-0.2, -0.15) is 0 Å². The Morgan fingerprint density at radius 2 is 0.970 bits per heavy atom. The van der Waals surface area contributed by atoms with Crippen molar-refractivity contribution < 1.29 is 0 Å². The van der Waals surface area contributed by atoms with E-state index in [1.54, 1.807) is 44.5 Å². The maximum Gasteiger partial charge on any atom is 0.0634 e. The molecule has 6 rings (SSSR count). The lowest BCUT2D eigenvalue weighted by molar-refractivity contribution is 0.542. The highest BCUT2D eigenvalue weighted by Crippen LogP contribution is 2.56. The summed E-state index contributed by atoms with van der Waals surface area (Å²) in [6.45, 7) is 10.7. The fraction of sp³-hybridized carbons (Fsp3) is 0.600. The van der Waals surface area contributed by atoms with Crippen LogP contribution < -0.4 is 0 Å². The van der Waals surface area contributed by atoms with Crippen LogP contribution in [0.25, 0.3) is 0 Å². The highest BCUT2D eigenvalue weighted by atomic mass is 79.9. The minimum atomic E-state index is -1.64. The van der Waals surface area contributed by atoms with Gasteiger partial charge in [-0.15, -0.1) is 0 Å². The Balaban J connectivity index is 1.47. The molecule has 0 radical (unpaired) electrons. The summed E-state index contributed by atoms with van der Waals surface area (Å²) >= 11 is 8.06. The SMILES string of the molecule is CC1Cc2c(cc(Br)c3c2CCCC3)C1[Si](C)(C)C1c2cc(Br)c3c(c2CC1C)CCCC3. The van der Waals surface area contributed by atoms with Crippen LogP contribution in [0.15, 0.2) is 21.1 Å². The summed E-state index contributed by atoms with van der Waals surface area (Å²) in [5, 5.41) is 0. The van der Waals surface area contributed by atoms with E-state index in [4.69, 9.17) is 0 Å². The monoisotopic (exact) mass is 584 g/mol. The molecular weight excluding hydrogens is 548 g/mol. The molecule has 0 spiro atoms. The minimum absolute atomic E-state index is 0.768. The van der Waals surface area contributed by atoms with Crippen LogP contribution in [0.3, 0.4) is 0 Å². The Hall–Kier alpha value is -0.383. The zero-order valence-electron chi connectivity index (χ0n) is 20.8. The van der Waals surface area contributed by atoms with Crippen molar-refractivity contribution in [3.63, 3.8) is 0 Å². The third-order valence-corrected chi connectivity index (χ3v) is 16.3. The standard InChI is InChI=1S/C30H38Br2Si/c1-17-13-23-19-9-5-7-11-21(19)27(31)15-25(23)29(17)33(3,4)30-18(2)14-24-20-10-6-8-12-22(20)28(32)16-26(24)30/h15-18,29-30H,5-14H2,1-4H3. The van der Waals surface area contributed by atoms with E-state index in [9.17, 15) is 0 Å². The summed E-state index contributed by atoms with van der Waals surface area (Å²) in [5.74, 6) is 1.55. The first kappa shape index (κ1) is 23.0. The molecule has 2 aromatic rings. The second-order valence-electron chi connectivity index (χ2n) is 12.3. The topological polar surface area (TPSA) is 0 Å². The second-order valence-corrected chi connectivity index (χ2v) is 18.9. The van der Waals surface area contributed by atoms with Crippen molar-refractivity contribution in [1.82, 2.24) is 0 Å². The average molecular weight is 587 g/mol. The Kier molecular flexibility index (Phi) is 5.82. The number of rotatable bonds is 2. The van der Waals surface area contributed by atoms with Crippen LogP contribution in [0, 0.1) is 11.8 Å². The molecule has 4 unspecified atom stereocenters. The lowest BCUT2D eigenvalue weighted by atomic mass is 9.86. The van der Waals surface area contributed by atoms with Crippen LogP contribution in [0.4, 0.5) is 0 Å². The quantitative estimate of drug-likeness (QED) is 0.308. The number of halogens is 2. The summed E-state index contributed by atoms with van der Waals surface area (Å²) in [6.07, 6.45) is 13.3. The second kappa shape index (κ2) is 8.34. The van der Waals surface area contributed by atoms with Crippen molar-refractivity contribution in [2.75, 3.05) is 0 Å². The first-order chi connectivity index (χ1) is 15.8. The van der Waals surface area contributed by atoms with E-state index in [1.165, 1.54) is 73.2 Å². The molecule has 0 heterocycles. The van der Waals surface area contributed by atoms with Crippen LogP contribution in [0.5, 0.6) is 0 Å². The van der Waals surface area contributed by atoms with Gasteiger partial charge < -0.3 is 0 Å². The number of fused-ring (bicyclic) bond motifs is 6. The van der Waals surface area contributed by atoms with Gasteiger partial charge in [-0.05, 0) is 144 Å². The Morgan fingerprint density at radius 3 is 1.36 bits per heavy atom. The molecular formula is C30H38Br2Si. The zero-order chi connectivity index (χ0) is 23.1. The average Bonchev–Trinajstić information content (AvgIpc) is 3.31. The summed E-state index contributed by atoms with van der Waals surface area (Å²) in [4.78, 5) is 0. The molecule has 0 N–H and O–H groups in total. The first-order valence-electron chi connectivity index (χ1n) is 13.4. The maximum atomic E-state index is 4.03. The van der Waals surface area contributed by atoms with Crippen LogP contribution in [0.1, 0.15) is 95.1 Å². The van der Waals surface area contributed by atoms with Crippen molar-refractivity contribution in [1.29, 1.82) is 0 Å².